The molecule has 0 amide bonds. The average molecular weight is 207 g/mol. The van der Waals surface area contributed by atoms with Crippen LogP contribution in [0.1, 0.15) is 11.8 Å². The summed E-state index contributed by atoms with van der Waals surface area (Å²) >= 11 is 1.16. The van der Waals surface area contributed by atoms with E-state index >= 15 is 0 Å². The van der Waals surface area contributed by atoms with Gasteiger partial charge in [0, 0.05) is 4.88 Å². The van der Waals surface area contributed by atoms with E-state index in [-0.39, 0.29) is 0 Å². The number of aliphatic hydroxyl groups is 1. The van der Waals surface area contributed by atoms with Gasteiger partial charge in [0.2, 0.25) is 0 Å². The number of rotatable bonds is 3. The van der Waals surface area contributed by atoms with Crippen molar-refractivity contribution in [3.05, 3.63) is 22.4 Å². The van der Waals surface area contributed by atoms with Gasteiger partial charge in [-0.2, -0.15) is 0 Å². The van der Waals surface area contributed by atoms with E-state index in [0.29, 0.717) is 4.88 Å². The van der Waals surface area contributed by atoms with Crippen molar-refractivity contribution >= 4 is 11.3 Å². The van der Waals surface area contributed by atoms with Gasteiger partial charge in [-0.05, 0) is 18.4 Å². The molecular formula is C8H11F2NOS. The van der Waals surface area contributed by atoms with Crippen LogP contribution in [0, 0.1) is 0 Å². The highest BCUT2D eigenvalue weighted by molar-refractivity contribution is 7.10. The smallest absolute Gasteiger partial charge is 0.292 e. The Morgan fingerprint density at radius 3 is 2.62 bits per heavy atom. The summed E-state index contributed by atoms with van der Waals surface area (Å²) in [4.78, 5) is 0.367. The van der Waals surface area contributed by atoms with Crippen molar-refractivity contribution in [2.45, 2.75) is 18.4 Å². The Morgan fingerprint density at radius 2 is 2.23 bits per heavy atom. The molecule has 1 aromatic rings. The minimum absolute atomic E-state index is 0.367. The van der Waals surface area contributed by atoms with Gasteiger partial charge in [0.15, 0.2) is 0 Å². The molecule has 5 heteroatoms. The third-order valence-electron chi connectivity index (χ3n) is 1.99. The predicted molar refractivity (Wildman–Crippen MR) is 47.9 cm³/mol. The highest BCUT2D eigenvalue weighted by Gasteiger charge is 2.48. The highest BCUT2D eigenvalue weighted by atomic mass is 32.1. The lowest BCUT2D eigenvalue weighted by Crippen LogP contribution is -2.52. The molecule has 0 fully saturated rings. The standard InChI is InChI=1S/C8H11F2NOS/c1-7(11,8(9,10)5-12)6-3-2-4-13-6/h2-4,12H,5,11H2,1H3/t7-/m1/s1. The maximum atomic E-state index is 13.1. The minimum atomic E-state index is -3.29. The predicted octanol–water partition coefficient (Wildman–Crippen LogP) is 1.55. The molecule has 2 nitrogen and oxygen atoms in total. The summed E-state index contributed by atoms with van der Waals surface area (Å²) in [6.45, 7) is -0.0209. The lowest BCUT2D eigenvalue weighted by molar-refractivity contribution is -0.107. The Morgan fingerprint density at radius 1 is 1.62 bits per heavy atom. The van der Waals surface area contributed by atoms with Crippen molar-refractivity contribution in [3.8, 4) is 0 Å². The quantitative estimate of drug-likeness (QED) is 0.790. The molecule has 0 aliphatic carbocycles. The van der Waals surface area contributed by atoms with E-state index in [9.17, 15) is 8.78 Å². The molecule has 1 aromatic heterocycles. The van der Waals surface area contributed by atoms with Gasteiger partial charge >= 0.3 is 0 Å². The first kappa shape index (κ1) is 10.6. The number of hydrogen-bond acceptors (Lipinski definition) is 3. The second-order valence-corrected chi connectivity index (χ2v) is 3.99. The van der Waals surface area contributed by atoms with Crippen LogP contribution in [0.15, 0.2) is 17.5 Å². The molecule has 0 bridgehead atoms. The second kappa shape index (κ2) is 3.32. The Labute approximate surface area is 79.0 Å². The molecule has 0 radical (unpaired) electrons. The largest absolute Gasteiger partial charge is 0.390 e. The number of nitrogens with two attached hydrogens (primary N) is 1. The van der Waals surface area contributed by atoms with Crippen LogP contribution in [-0.4, -0.2) is 17.6 Å². The lowest BCUT2D eigenvalue weighted by Gasteiger charge is -2.31. The van der Waals surface area contributed by atoms with E-state index < -0.39 is 18.1 Å². The van der Waals surface area contributed by atoms with Gasteiger partial charge in [0.05, 0.1) is 0 Å². The summed E-state index contributed by atoms with van der Waals surface area (Å²) in [6.07, 6.45) is 0. The van der Waals surface area contributed by atoms with Crippen molar-refractivity contribution in [1.82, 2.24) is 0 Å². The first-order valence-electron chi connectivity index (χ1n) is 3.73. The number of alkyl halides is 2. The highest BCUT2D eigenvalue weighted by Crippen LogP contribution is 2.36. The molecule has 1 heterocycles. The first-order chi connectivity index (χ1) is 5.92. The third-order valence-corrected chi connectivity index (χ3v) is 3.10. The van der Waals surface area contributed by atoms with Gasteiger partial charge in [-0.25, -0.2) is 8.78 Å². The normalized spacial score (nSPS) is 17.0. The Bertz CT molecular complexity index is 272. The molecule has 0 aliphatic rings. The average Bonchev–Trinajstić information content (AvgIpc) is 2.56. The third kappa shape index (κ3) is 1.72. The van der Waals surface area contributed by atoms with Crippen molar-refractivity contribution < 1.29 is 13.9 Å². The van der Waals surface area contributed by atoms with Crippen LogP contribution in [0.3, 0.4) is 0 Å². The Hall–Kier alpha value is -0.520. The number of aliphatic hydroxyl groups excluding tert-OH is 1. The first-order valence-corrected chi connectivity index (χ1v) is 4.61. The van der Waals surface area contributed by atoms with Gasteiger partial charge in [-0.15, -0.1) is 11.3 Å². The summed E-state index contributed by atoms with van der Waals surface area (Å²) < 4.78 is 26.3. The van der Waals surface area contributed by atoms with Gasteiger partial charge in [0.25, 0.3) is 5.92 Å². The maximum Gasteiger partial charge on any atom is 0.292 e. The molecule has 3 N–H and O–H groups in total. The van der Waals surface area contributed by atoms with Gasteiger partial charge < -0.3 is 10.8 Å². The van der Waals surface area contributed by atoms with Crippen LogP contribution in [0.4, 0.5) is 8.78 Å². The Balaban J connectivity index is 3.02. The van der Waals surface area contributed by atoms with Crippen molar-refractivity contribution in [1.29, 1.82) is 0 Å². The van der Waals surface area contributed by atoms with E-state index in [4.69, 9.17) is 10.8 Å². The summed E-state index contributed by atoms with van der Waals surface area (Å²) in [5.74, 6) is -3.29. The van der Waals surface area contributed by atoms with Crippen LogP contribution >= 0.6 is 11.3 Å². The molecule has 13 heavy (non-hydrogen) atoms. The van der Waals surface area contributed by atoms with Crippen molar-refractivity contribution in [2.24, 2.45) is 5.73 Å². The molecule has 0 spiro atoms. The van der Waals surface area contributed by atoms with Crippen molar-refractivity contribution in [3.63, 3.8) is 0 Å². The molecule has 0 aliphatic heterocycles. The summed E-state index contributed by atoms with van der Waals surface area (Å²) in [5.41, 5.74) is 3.68. The molecule has 0 aromatic carbocycles. The number of halogens is 2. The summed E-state index contributed by atoms with van der Waals surface area (Å²) in [6, 6.07) is 3.19. The zero-order valence-corrected chi connectivity index (χ0v) is 7.94. The second-order valence-electron chi connectivity index (χ2n) is 3.04. The molecule has 1 atom stereocenters. The molecule has 1 rings (SSSR count). The number of thiophene rings is 1. The molecule has 0 saturated carbocycles. The van der Waals surface area contributed by atoms with Gasteiger partial charge in [0.1, 0.15) is 12.1 Å². The summed E-state index contributed by atoms with van der Waals surface area (Å²) in [5, 5.41) is 10.2. The maximum absolute atomic E-state index is 13.1. The van der Waals surface area contributed by atoms with E-state index in [1.165, 1.54) is 13.0 Å². The fourth-order valence-corrected chi connectivity index (χ4v) is 1.77. The van der Waals surface area contributed by atoms with E-state index in [2.05, 4.69) is 0 Å². The zero-order chi connectivity index (χ0) is 10.1. The fourth-order valence-electron chi connectivity index (χ4n) is 0.919. The molecule has 0 unspecified atom stereocenters. The van der Waals surface area contributed by atoms with E-state index in [1.807, 2.05) is 0 Å². The molecule has 74 valence electrons. The Kier molecular flexibility index (Phi) is 2.70. The molecular weight excluding hydrogens is 196 g/mol. The van der Waals surface area contributed by atoms with Crippen LogP contribution in [-0.2, 0) is 5.54 Å². The fraction of sp³-hybridized carbons (Fsp3) is 0.500. The number of hydrogen-bond donors (Lipinski definition) is 2. The lowest BCUT2D eigenvalue weighted by atomic mass is 9.93. The summed E-state index contributed by atoms with van der Waals surface area (Å²) in [7, 11) is 0. The molecule has 0 saturated heterocycles. The SMILES string of the molecule is C[C@@](N)(c1cccs1)C(F)(F)CO. The van der Waals surface area contributed by atoms with Gasteiger partial charge in [-0.1, -0.05) is 6.07 Å². The van der Waals surface area contributed by atoms with Crippen LogP contribution in [0.2, 0.25) is 0 Å². The van der Waals surface area contributed by atoms with Crippen LogP contribution < -0.4 is 5.73 Å². The van der Waals surface area contributed by atoms with Crippen LogP contribution in [0.5, 0.6) is 0 Å². The minimum Gasteiger partial charge on any atom is -0.390 e. The van der Waals surface area contributed by atoms with E-state index in [0.717, 1.165) is 11.3 Å². The topological polar surface area (TPSA) is 46.2 Å². The monoisotopic (exact) mass is 207 g/mol. The van der Waals surface area contributed by atoms with Crippen LogP contribution in [0.25, 0.3) is 0 Å². The van der Waals surface area contributed by atoms with E-state index in [1.54, 1.807) is 11.4 Å². The zero-order valence-electron chi connectivity index (χ0n) is 7.13. The van der Waals surface area contributed by atoms with Gasteiger partial charge in [-0.3, -0.25) is 0 Å². The van der Waals surface area contributed by atoms with Crippen molar-refractivity contribution in [2.75, 3.05) is 6.61 Å².